The van der Waals surface area contributed by atoms with Crippen molar-refractivity contribution >= 4 is 17.7 Å². The molecule has 6 nitrogen and oxygen atoms in total. The Kier molecular flexibility index (Phi) is 3.78. The van der Waals surface area contributed by atoms with Gasteiger partial charge in [0.15, 0.2) is 11.6 Å². The van der Waals surface area contributed by atoms with E-state index in [0.29, 0.717) is 0 Å². The van der Waals surface area contributed by atoms with Gasteiger partial charge in [-0.05, 0) is 0 Å². The largest absolute Gasteiger partial charge is 0.358 e. The van der Waals surface area contributed by atoms with Crippen molar-refractivity contribution in [3.8, 4) is 0 Å². The first kappa shape index (κ1) is 11.2. The lowest BCUT2D eigenvalue weighted by atomic mass is 10.5. The molecular weight excluding hydrogens is 201 g/mol. The third-order valence-corrected chi connectivity index (χ3v) is 1.66. The van der Waals surface area contributed by atoms with Crippen molar-refractivity contribution in [3.63, 3.8) is 0 Å². The zero-order valence-electron chi connectivity index (χ0n) is 8.47. The highest BCUT2D eigenvalue weighted by Gasteiger charge is 2.06. The van der Waals surface area contributed by atoms with Gasteiger partial charge in [0.2, 0.25) is 11.9 Å². The number of hydrogen-bond donors (Lipinski definition) is 3. The van der Waals surface area contributed by atoms with Crippen LogP contribution in [0.25, 0.3) is 0 Å². The monoisotopic (exact) mass is 213 g/mol. The third kappa shape index (κ3) is 3.04. The molecule has 0 atom stereocenters. The molecule has 0 fully saturated rings. The van der Waals surface area contributed by atoms with Crippen molar-refractivity contribution in [2.24, 2.45) is 0 Å². The molecule has 0 aliphatic carbocycles. The molecule has 0 radical (unpaired) electrons. The van der Waals surface area contributed by atoms with Crippen molar-refractivity contribution < 1.29 is 9.18 Å². The SMILES string of the molecule is CNC(=O)CNc1nc(NC)ncc1F. The van der Waals surface area contributed by atoms with Crippen molar-refractivity contribution in [3.05, 3.63) is 12.0 Å². The van der Waals surface area contributed by atoms with Gasteiger partial charge in [-0.25, -0.2) is 9.37 Å². The number of rotatable bonds is 4. The topological polar surface area (TPSA) is 78.9 Å². The number of halogens is 1. The Hall–Kier alpha value is -1.92. The summed E-state index contributed by atoms with van der Waals surface area (Å²) in [4.78, 5) is 18.4. The molecule has 0 aromatic carbocycles. The number of likely N-dealkylation sites (N-methyl/N-ethyl adjacent to an activating group) is 1. The van der Waals surface area contributed by atoms with Crippen molar-refractivity contribution in [2.45, 2.75) is 0 Å². The number of hydrogen-bond acceptors (Lipinski definition) is 5. The van der Waals surface area contributed by atoms with Crippen LogP contribution in [0, 0.1) is 5.82 Å². The summed E-state index contributed by atoms with van der Waals surface area (Å²) in [6, 6.07) is 0. The number of carbonyl (C=O) groups excluding carboxylic acids is 1. The third-order valence-electron chi connectivity index (χ3n) is 1.66. The summed E-state index contributed by atoms with van der Waals surface area (Å²) in [6.45, 7) is -0.0341. The second-order valence-electron chi connectivity index (χ2n) is 2.67. The number of aromatic nitrogens is 2. The summed E-state index contributed by atoms with van der Waals surface area (Å²) >= 11 is 0. The second-order valence-corrected chi connectivity index (χ2v) is 2.67. The first-order valence-corrected chi connectivity index (χ1v) is 4.32. The van der Waals surface area contributed by atoms with Crippen LogP contribution >= 0.6 is 0 Å². The summed E-state index contributed by atoms with van der Waals surface area (Å²) in [7, 11) is 3.12. The van der Waals surface area contributed by atoms with E-state index in [1.165, 1.54) is 7.05 Å². The predicted octanol–water partition coefficient (Wildman–Crippen LogP) is -0.185. The van der Waals surface area contributed by atoms with E-state index in [4.69, 9.17) is 0 Å². The van der Waals surface area contributed by atoms with Crippen LogP contribution in [-0.4, -0.2) is 36.5 Å². The Bertz CT molecular complexity index is 357. The number of nitrogens with one attached hydrogen (secondary N) is 3. The van der Waals surface area contributed by atoms with E-state index in [2.05, 4.69) is 25.9 Å². The smallest absolute Gasteiger partial charge is 0.239 e. The molecule has 0 unspecified atom stereocenters. The lowest BCUT2D eigenvalue weighted by molar-refractivity contribution is -0.118. The van der Waals surface area contributed by atoms with Gasteiger partial charge in [0.1, 0.15) is 0 Å². The molecule has 0 saturated heterocycles. The highest BCUT2D eigenvalue weighted by Crippen LogP contribution is 2.10. The maximum absolute atomic E-state index is 13.1. The lowest BCUT2D eigenvalue weighted by Crippen LogP contribution is -2.26. The minimum Gasteiger partial charge on any atom is -0.358 e. The Morgan fingerprint density at radius 2 is 2.27 bits per heavy atom. The number of anilines is 2. The summed E-state index contributed by atoms with van der Waals surface area (Å²) in [5.74, 6) is -0.564. The zero-order chi connectivity index (χ0) is 11.3. The van der Waals surface area contributed by atoms with Gasteiger partial charge in [0.25, 0.3) is 0 Å². The number of nitrogens with zero attached hydrogens (tertiary/aromatic N) is 2. The van der Waals surface area contributed by atoms with E-state index < -0.39 is 5.82 Å². The molecule has 15 heavy (non-hydrogen) atoms. The maximum Gasteiger partial charge on any atom is 0.239 e. The number of carbonyl (C=O) groups is 1. The van der Waals surface area contributed by atoms with Crippen LogP contribution in [0.1, 0.15) is 0 Å². The Morgan fingerprint density at radius 1 is 1.53 bits per heavy atom. The van der Waals surface area contributed by atoms with E-state index in [1.807, 2.05) is 0 Å². The first-order chi connectivity index (χ1) is 7.17. The van der Waals surface area contributed by atoms with Crippen LogP contribution in [0.4, 0.5) is 16.2 Å². The van der Waals surface area contributed by atoms with Gasteiger partial charge in [0.05, 0.1) is 12.7 Å². The molecule has 0 bridgehead atoms. The zero-order valence-corrected chi connectivity index (χ0v) is 8.47. The van der Waals surface area contributed by atoms with Gasteiger partial charge in [-0.3, -0.25) is 4.79 Å². The predicted molar refractivity (Wildman–Crippen MR) is 54.1 cm³/mol. The molecule has 7 heteroatoms. The molecule has 0 aliphatic rings. The quantitative estimate of drug-likeness (QED) is 0.646. The van der Waals surface area contributed by atoms with Gasteiger partial charge in [-0.1, -0.05) is 0 Å². The molecule has 1 amide bonds. The summed E-state index contributed by atoms with van der Waals surface area (Å²) in [5.41, 5.74) is 0. The normalized spacial score (nSPS) is 9.53. The molecule has 82 valence electrons. The van der Waals surface area contributed by atoms with Gasteiger partial charge in [-0.2, -0.15) is 4.98 Å². The summed E-state index contributed by atoms with van der Waals surface area (Å²) in [6.07, 6.45) is 1.03. The molecule has 1 heterocycles. The Morgan fingerprint density at radius 3 is 2.87 bits per heavy atom. The highest BCUT2D eigenvalue weighted by atomic mass is 19.1. The molecule has 1 aromatic rings. The van der Waals surface area contributed by atoms with E-state index in [-0.39, 0.29) is 24.2 Å². The molecule has 0 aliphatic heterocycles. The average molecular weight is 213 g/mol. The minimum atomic E-state index is -0.599. The van der Waals surface area contributed by atoms with Gasteiger partial charge in [0, 0.05) is 14.1 Å². The molecule has 3 N–H and O–H groups in total. The van der Waals surface area contributed by atoms with E-state index >= 15 is 0 Å². The van der Waals surface area contributed by atoms with Crippen molar-refractivity contribution in [2.75, 3.05) is 31.3 Å². The van der Waals surface area contributed by atoms with Crippen LogP contribution in [0.5, 0.6) is 0 Å². The fourth-order valence-electron chi connectivity index (χ4n) is 0.864. The average Bonchev–Trinajstić information content (AvgIpc) is 2.27. The van der Waals surface area contributed by atoms with E-state index in [9.17, 15) is 9.18 Å². The summed E-state index contributed by atoms with van der Waals surface area (Å²) in [5, 5.41) is 7.63. The molecule has 0 spiro atoms. The Labute approximate surface area is 86.3 Å². The van der Waals surface area contributed by atoms with Gasteiger partial charge < -0.3 is 16.0 Å². The van der Waals surface area contributed by atoms with Gasteiger partial charge in [-0.15, -0.1) is 0 Å². The van der Waals surface area contributed by atoms with Crippen LogP contribution in [0.15, 0.2) is 6.20 Å². The Balaban J connectivity index is 2.70. The van der Waals surface area contributed by atoms with Crippen LogP contribution in [-0.2, 0) is 4.79 Å². The second kappa shape index (κ2) is 5.08. The molecule has 0 saturated carbocycles. The lowest BCUT2D eigenvalue weighted by Gasteiger charge is -2.06. The van der Waals surface area contributed by atoms with E-state index in [1.54, 1.807) is 7.05 Å². The minimum absolute atomic E-state index is 0.00190. The fourth-order valence-corrected chi connectivity index (χ4v) is 0.864. The van der Waals surface area contributed by atoms with E-state index in [0.717, 1.165) is 6.20 Å². The molecule has 1 rings (SSSR count). The molecule has 1 aromatic heterocycles. The van der Waals surface area contributed by atoms with Gasteiger partial charge >= 0.3 is 0 Å². The van der Waals surface area contributed by atoms with Crippen LogP contribution in [0.3, 0.4) is 0 Å². The first-order valence-electron chi connectivity index (χ1n) is 4.32. The fraction of sp³-hybridized carbons (Fsp3) is 0.375. The highest BCUT2D eigenvalue weighted by molar-refractivity contribution is 5.80. The van der Waals surface area contributed by atoms with Crippen LogP contribution < -0.4 is 16.0 Å². The van der Waals surface area contributed by atoms with Crippen molar-refractivity contribution in [1.29, 1.82) is 0 Å². The standard InChI is InChI=1S/C8H12FN5O/c1-10-6(15)4-12-7-5(9)3-13-8(11-2)14-7/h3H,4H2,1-2H3,(H,10,15)(H2,11,12,13,14). The summed E-state index contributed by atoms with van der Waals surface area (Å²) < 4.78 is 13.1. The maximum atomic E-state index is 13.1. The molecular formula is C8H12FN5O. The van der Waals surface area contributed by atoms with Crippen LogP contribution in [0.2, 0.25) is 0 Å². The number of amides is 1. The van der Waals surface area contributed by atoms with Crippen molar-refractivity contribution in [1.82, 2.24) is 15.3 Å².